The van der Waals surface area contributed by atoms with Gasteiger partial charge in [0.2, 0.25) is 0 Å². The van der Waals surface area contributed by atoms with Crippen LogP contribution in [0.5, 0.6) is 0 Å². The maximum Gasteiger partial charge on any atom is 0.315 e. The topological polar surface area (TPSA) is 122 Å². The molecule has 0 heterocycles. The minimum atomic E-state index is -1.51. The Bertz CT molecular complexity index is 250. The lowest BCUT2D eigenvalue weighted by Crippen LogP contribution is -2.50. The second kappa shape index (κ2) is 8.25. The maximum absolute atomic E-state index is 11.2. The van der Waals surface area contributed by atoms with Gasteiger partial charge in [0.15, 0.2) is 0 Å². The van der Waals surface area contributed by atoms with Crippen molar-refractivity contribution < 1.29 is 25.2 Å². The van der Waals surface area contributed by atoms with E-state index in [1.165, 1.54) is 0 Å². The Kier molecular flexibility index (Phi) is 7.85. The van der Waals surface area contributed by atoms with Crippen molar-refractivity contribution in [3.63, 3.8) is 0 Å². The Balaban J connectivity index is 4.08. The number of amides is 2. The van der Waals surface area contributed by atoms with Crippen molar-refractivity contribution in [2.45, 2.75) is 57.6 Å². The molecule has 18 heavy (non-hydrogen) atoms. The Hall–Kier alpha value is -0.890. The highest BCUT2D eigenvalue weighted by molar-refractivity contribution is 5.74. The molecule has 0 unspecified atom stereocenters. The highest BCUT2D eigenvalue weighted by Gasteiger charge is 2.29. The fraction of sp³-hybridized carbons (Fsp3) is 0.909. The molecule has 0 radical (unpaired) electrons. The zero-order chi connectivity index (χ0) is 14.3. The number of rotatable bonds is 7. The van der Waals surface area contributed by atoms with Crippen LogP contribution in [-0.2, 0) is 0 Å². The van der Waals surface area contributed by atoms with Crippen molar-refractivity contribution in [2.75, 3.05) is 6.54 Å². The van der Waals surface area contributed by atoms with Gasteiger partial charge in [0, 0.05) is 12.6 Å². The molecule has 4 atom stereocenters. The molecule has 0 spiro atoms. The Labute approximate surface area is 107 Å². The van der Waals surface area contributed by atoms with Gasteiger partial charge >= 0.3 is 6.03 Å². The van der Waals surface area contributed by atoms with Crippen LogP contribution >= 0.6 is 0 Å². The normalized spacial score (nSPS) is 18.0. The molecule has 7 heteroatoms. The molecule has 6 N–H and O–H groups in total. The van der Waals surface area contributed by atoms with Crippen molar-refractivity contribution in [1.82, 2.24) is 10.6 Å². The second-order valence-corrected chi connectivity index (χ2v) is 4.53. The fourth-order valence-corrected chi connectivity index (χ4v) is 1.33. The second-order valence-electron chi connectivity index (χ2n) is 4.53. The van der Waals surface area contributed by atoms with E-state index in [4.69, 9.17) is 0 Å². The van der Waals surface area contributed by atoms with Crippen LogP contribution < -0.4 is 10.6 Å². The zero-order valence-electron chi connectivity index (χ0n) is 11.0. The van der Waals surface area contributed by atoms with E-state index in [-0.39, 0.29) is 19.0 Å². The molecule has 0 bridgehead atoms. The summed E-state index contributed by atoms with van der Waals surface area (Å²) in [5.41, 5.74) is 0. The summed E-state index contributed by atoms with van der Waals surface area (Å²) in [6.07, 6.45) is -5.16. The highest BCUT2D eigenvalue weighted by atomic mass is 16.4. The largest absolute Gasteiger partial charge is 0.390 e. The number of carbonyl (C=O) groups is 1. The van der Waals surface area contributed by atoms with Crippen molar-refractivity contribution in [3.05, 3.63) is 0 Å². The van der Waals surface area contributed by atoms with Crippen LogP contribution in [0.4, 0.5) is 4.79 Å². The van der Waals surface area contributed by atoms with Crippen LogP contribution in [0.3, 0.4) is 0 Å². The van der Waals surface area contributed by atoms with Crippen LogP contribution in [0.15, 0.2) is 0 Å². The highest BCUT2D eigenvalue weighted by Crippen LogP contribution is 2.07. The van der Waals surface area contributed by atoms with E-state index in [9.17, 15) is 25.2 Å². The number of hydrogen-bond acceptors (Lipinski definition) is 5. The third-order valence-corrected chi connectivity index (χ3v) is 2.45. The predicted molar refractivity (Wildman–Crippen MR) is 66.0 cm³/mol. The molecule has 0 aromatic heterocycles. The molecule has 0 aromatic carbocycles. The first-order valence-electron chi connectivity index (χ1n) is 6.06. The third kappa shape index (κ3) is 6.15. The molecule has 0 aromatic rings. The van der Waals surface area contributed by atoms with Crippen LogP contribution in [0.2, 0.25) is 0 Å². The van der Waals surface area contributed by atoms with E-state index in [1.54, 1.807) is 20.8 Å². The molecule has 0 rings (SSSR count). The van der Waals surface area contributed by atoms with E-state index >= 15 is 0 Å². The lowest BCUT2D eigenvalue weighted by molar-refractivity contribution is -0.103. The first-order chi connectivity index (χ1) is 8.29. The minimum Gasteiger partial charge on any atom is -0.390 e. The van der Waals surface area contributed by atoms with E-state index in [2.05, 4.69) is 10.6 Å². The number of nitrogens with one attached hydrogen (secondary N) is 2. The molecule has 7 nitrogen and oxygen atoms in total. The van der Waals surface area contributed by atoms with Crippen molar-refractivity contribution >= 4 is 6.03 Å². The van der Waals surface area contributed by atoms with Crippen molar-refractivity contribution in [2.24, 2.45) is 0 Å². The van der Waals surface area contributed by atoms with Gasteiger partial charge in [-0.1, -0.05) is 6.92 Å². The summed E-state index contributed by atoms with van der Waals surface area (Å²) in [7, 11) is 0. The predicted octanol–water partition coefficient (Wildman–Crippen LogP) is -1.45. The first-order valence-corrected chi connectivity index (χ1v) is 6.06. The van der Waals surface area contributed by atoms with Crippen LogP contribution in [0.25, 0.3) is 0 Å². The van der Waals surface area contributed by atoms with Gasteiger partial charge in [-0.05, 0) is 20.3 Å². The van der Waals surface area contributed by atoms with Crippen LogP contribution in [0.1, 0.15) is 27.2 Å². The molecular weight excluding hydrogens is 240 g/mol. The summed E-state index contributed by atoms with van der Waals surface area (Å²) in [6.45, 7) is 4.99. The minimum absolute atomic E-state index is 0.0421. The lowest BCUT2D eigenvalue weighted by atomic mass is 10.0. The van der Waals surface area contributed by atoms with Gasteiger partial charge in [-0.25, -0.2) is 4.79 Å². The van der Waals surface area contributed by atoms with E-state index in [1.807, 2.05) is 0 Å². The Morgan fingerprint density at radius 3 is 2.00 bits per heavy atom. The van der Waals surface area contributed by atoms with Crippen molar-refractivity contribution in [1.29, 1.82) is 0 Å². The van der Waals surface area contributed by atoms with E-state index < -0.39 is 30.4 Å². The van der Waals surface area contributed by atoms with E-state index in [0.717, 1.165) is 0 Å². The summed E-state index contributed by atoms with van der Waals surface area (Å²) < 4.78 is 0. The SMILES string of the molecule is CC[C@@H](O)[C@@H](O)[C@H](O)[C@@H](O)CNC(=O)NC(C)C. The molecule has 0 aliphatic carbocycles. The lowest BCUT2D eigenvalue weighted by Gasteiger charge is -2.26. The molecule has 0 fully saturated rings. The molecule has 0 aliphatic rings. The molecule has 108 valence electrons. The molecular formula is C11H24N2O5. The van der Waals surface area contributed by atoms with Crippen LogP contribution in [0, 0.1) is 0 Å². The van der Waals surface area contributed by atoms with Gasteiger partial charge in [0.25, 0.3) is 0 Å². The Morgan fingerprint density at radius 1 is 1.06 bits per heavy atom. The number of urea groups is 1. The fourth-order valence-electron chi connectivity index (χ4n) is 1.33. The molecule has 0 saturated heterocycles. The number of hydrogen-bond donors (Lipinski definition) is 6. The third-order valence-electron chi connectivity index (χ3n) is 2.45. The van der Waals surface area contributed by atoms with Gasteiger partial charge in [0.05, 0.1) is 12.2 Å². The molecule has 0 saturated carbocycles. The number of carbonyl (C=O) groups excluding carboxylic acids is 1. The average molecular weight is 264 g/mol. The number of aliphatic hydroxyl groups excluding tert-OH is 4. The average Bonchev–Trinajstić information content (AvgIpc) is 2.32. The molecule has 0 aliphatic heterocycles. The quantitative estimate of drug-likeness (QED) is 0.336. The number of aliphatic hydroxyl groups is 4. The van der Waals surface area contributed by atoms with Gasteiger partial charge in [0.1, 0.15) is 12.2 Å². The standard InChI is InChI=1S/C11H24N2O5/c1-4-7(14)9(16)10(17)8(15)5-12-11(18)13-6(2)3/h6-10,14-17H,4-5H2,1-3H3,(H2,12,13,18)/t7-,8+,9-,10-/m1/s1. The van der Waals surface area contributed by atoms with Crippen molar-refractivity contribution in [3.8, 4) is 0 Å². The van der Waals surface area contributed by atoms with Gasteiger partial charge < -0.3 is 31.1 Å². The summed E-state index contributed by atoms with van der Waals surface area (Å²) in [6, 6.07) is -0.513. The smallest absolute Gasteiger partial charge is 0.315 e. The maximum atomic E-state index is 11.2. The Morgan fingerprint density at radius 2 is 1.56 bits per heavy atom. The first kappa shape index (κ1) is 17.1. The summed E-state index contributed by atoms with van der Waals surface area (Å²) in [5, 5.41) is 42.8. The zero-order valence-corrected chi connectivity index (χ0v) is 11.0. The van der Waals surface area contributed by atoms with Gasteiger partial charge in [-0.15, -0.1) is 0 Å². The monoisotopic (exact) mass is 264 g/mol. The van der Waals surface area contributed by atoms with Gasteiger partial charge in [-0.2, -0.15) is 0 Å². The summed E-state index contributed by atoms with van der Waals surface area (Å²) in [5.74, 6) is 0. The summed E-state index contributed by atoms with van der Waals surface area (Å²) in [4.78, 5) is 11.2. The summed E-state index contributed by atoms with van der Waals surface area (Å²) >= 11 is 0. The van der Waals surface area contributed by atoms with Gasteiger partial charge in [-0.3, -0.25) is 0 Å². The molecule has 2 amide bonds. The van der Waals surface area contributed by atoms with Crippen LogP contribution in [-0.4, -0.2) is 63.5 Å². The van der Waals surface area contributed by atoms with E-state index in [0.29, 0.717) is 0 Å².